The van der Waals surface area contributed by atoms with Crippen molar-refractivity contribution in [1.82, 2.24) is 10.2 Å². The molecule has 1 unspecified atom stereocenters. The van der Waals surface area contributed by atoms with Gasteiger partial charge in [0, 0.05) is 23.7 Å². The number of rotatable bonds is 6. The molecule has 6 nitrogen and oxygen atoms in total. The summed E-state index contributed by atoms with van der Waals surface area (Å²) < 4.78 is 22.0. The molecule has 1 saturated carbocycles. The van der Waals surface area contributed by atoms with Crippen LogP contribution in [0.15, 0.2) is 42.5 Å². The first-order chi connectivity index (χ1) is 13.6. The Bertz CT molecular complexity index is 1110. The van der Waals surface area contributed by atoms with Gasteiger partial charge in [-0.2, -0.15) is 5.26 Å². The van der Waals surface area contributed by atoms with Crippen molar-refractivity contribution in [2.45, 2.75) is 31.6 Å². The van der Waals surface area contributed by atoms with Crippen molar-refractivity contribution in [3.05, 3.63) is 53.7 Å². The third kappa shape index (κ3) is 3.61. The van der Waals surface area contributed by atoms with E-state index in [2.05, 4.69) is 28.1 Å². The molecule has 1 heterocycles. The van der Waals surface area contributed by atoms with Gasteiger partial charge < -0.3 is 9.45 Å². The molecular formula is C21H19N4O2S-. The van der Waals surface area contributed by atoms with E-state index < -0.39 is 11.1 Å². The molecule has 0 saturated heterocycles. The molecule has 1 aromatic heterocycles. The van der Waals surface area contributed by atoms with E-state index in [0.717, 1.165) is 52.7 Å². The molecule has 28 heavy (non-hydrogen) atoms. The van der Waals surface area contributed by atoms with E-state index in [1.165, 1.54) is 0 Å². The number of hydrogen-bond donors (Lipinski definition) is 0. The molecule has 2 aromatic carbocycles. The normalized spacial score (nSPS) is 14.6. The van der Waals surface area contributed by atoms with Gasteiger partial charge in [-0.1, -0.05) is 41.4 Å². The lowest BCUT2D eigenvalue weighted by Gasteiger charge is -2.24. The van der Waals surface area contributed by atoms with E-state index >= 15 is 0 Å². The first kappa shape index (κ1) is 18.5. The quantitative estimate of drug-likeness (QED) is 0.597. The van der Waals surface area contributed by atoms with Crippen molar-refractivity contribution in [2.24, 2.45) is 0 Å². The van der Waals surface area contributed by atoms with Crippen LogP contribution in [0, 0.1) is 11.3 Å². The molecule has 142 valence electrons. The molecule has 0 bridgehead atoms. The highest BCUT2D eigenvalue weighted by molar-refractivity contribution is 7.78. The van der Waals surface area contributed by atoms with Gasteiger partial charge in [0.2, 0.25) is 0 Å². The molecule has 0 amide bonds. The van der Waals surface area contributed by atoms with E-state index in [-0.39, 0.29) is 5.75 Å². The number of aromatic nitrogens is 2. The van der Waals surface area contributed by atoms with Crippen molar-refractivity contribution in [3.8, 4) is 17.2 Å². The maximum Gasteiger partial charge on any atom is 0.187 e. The third-order valence-corrected chi connectivity index (χ3v) is 5.57. The van der Waals surface area contributed by atoms with Crippen LogP contribution >= 0.6 is 0 Å². The van der Waals surface area contributed by atoms with Crippen LogP contribution in [0.3, 0.4) is 0 Å². The zero-order chi connectivity index (χ0) is 19.7. The zero-order valence-corrected chi connectivity index (χ0v) is 16.3. The highest BCUT2D eigenvalue weighted by atomic mass is 32.2. The summed E-state index contributed by atoms with van der Waals surface area (Å²) in [4.78, 5) is 2.25. The van der Waals surface area contributed by atoms with Gasteiger partial charge in [-0.15, -0.1) is 10.2 Å². The summed E-state index contributed by atoms with van der Waals surface area (Å²) in [6, 6.07) is 16.0. The Balaban J connectivity index is 1.80. The molecule has 0 spiro atoms. The molecule has 1 aliphatic carbocycles. The predicted octanol–water partition coefficient (Wildman–Crippen LogP) is 3.54. The fourth-order valence-electron chi connectivity index (χ4n) is 3.60. The summed E-state index contributed by atoms with van der Waals surface area (Å²) >= 11 is -2.12. The SMILES string of the molecule is CCN(c1c(C#N)nnc2cc(-c3cccc(CS(=O)[O-])c3)ccc12)C1CC1. The fourth-order valence-corrected chi connectivity index (χ4v) is 4.05. The summed E-state index contributed by atoms with van der Waals surface area (Å²) in [5.41, 5.74) is 4.54. The van der Waals surface area contributed by atoms with Crippen LogP contribution in [0.5, 0.6) is 0 Å². The minimum atomic E-state index is -2.12. The Morgan fingerprint density at radius 1 is 1.21 bits per heavy atom. The molecule has 4 rings (SSSR count). The first-order valence-electron chi connectivity index (χ1n) is 9.23. The van der Waals surface area contributed by atoms with Crippen molar-refractivity contribution < 1.29 is 8.76 Å². The lowest BCUT2D eigenvalue weighted by molar-refractivity contribution is 0.536. The Labute approximate surface area is 166 Å². The molecule has 1 fully saturated rings. The number of hydrogen-bond acceptors (Lipinski definition) is 6. The van der Waals surface area contributed by atoms with Crippen molar-refractivity contribution in [1.29, 1.82) is 5.26 Å². The fraction of sp³-hybridized carbons (Fsp3) is 0.286. The van der Waals surface area contributed by atoms with Crippen molar-refractivity contribution in [2.75, 3.05) is 11.4 Å². The van der Waals surface area contributed by atoms with E-state index in [1.54, 1.807) is 6.07 Å². The lowest BCUT2D eigenvalue weighted by Crippen LogP contribution is -2.26. The van der Waals surface area contributed by atoms with Gasteiger partial charge in [0.15, 0.2) is 5.69 Å². The summed E-state index contributed by atoms with van der Waals surface area (Å²) in [6.07, 6.45) is 2.27. The molecule has 1 aliphatic rings. The molecule has 0 N–H and O–H groups in total. The molecule has 3 aromatic rings. The molecule has 0 radical (unpaired) electrons. The van der Waals surface area contributed by atoms with Gasteiger partial charge in [-0.25, -0.2) is 0 Å². The Morgan fingerprint density at radius 3 is 2.68 bits per heavy atom. The van der Waals surface area contributed by atoms with Crippen LogP contribution in [-0.4, -0.2) is 31.5 Å². The second-order valence-corrected chi connectivity index (χ2v) is 7.80. The number of benzene rings is 2. The summed E-state index contributed by atoms with van der Waals surface area (Å²) in [6.45, 7) is 2.90. The van der Waals surface area contributed by atoms with Gasteiger partial charge >= 0.3 is 0 Å². The first-order valence-corrected chi connectivity index (χ1v) is 10.5. The van der Waals surface area contributed by atoms with Crippen molar-refractivity contribution in [3.63, 3.8) is 0 Å². The van der Waals surface area contributed by atoms with E-state index in [1.807, 2.05) is 36.4 Å². The molecule has 1 atom stereocenters. The average Bonchev–Trinajstić information content (AvgIpc) is 3.53. The second kappa shape index (κ2) is 7.66. The highest BCUT2D eigenvalue weighted by Gasteiger charge is 2.31. The summed E-state index contributed by atoms with van der Waals surface area (Å²) in [7, 11) is 0. The van der Waals surface area contributed by atoms with Gasteiger partial charge in [-0.3, -0.25) is 4.21 Å². The van der Waals surface area contributed by atoms with Crippen LogP contribution in [-0.2, 0) is 16.8 Å². The van der Waals surface area contributed by atoms with Crippen LogP contribution in [0.1, 0.15) is 31.0 Å². The molecule has 7 heteroatoms. The number of nitriles is 1. The molecular weight excluding hydrogens is 372 g/mol. The standard InChI is InChI=1S/C21H20N4O2S/c1-2-25(17-7-8-17)21-18-9-6-16(11-19(18)23-24-20(21)12-22)15-5-3-4-14(10-15)13-28(26)27/h3-6,9-11,17H,2,7-8,13H2,1H3,(H,26,27)/p-1. The second-order valence-electron chi connectivity index (χ2n) is 6.91. The highest BCUT2D eigenvalue weighted by Crippen LogP contribution is 2.37. The Kier molecular flexibility index (Phi) is 5.07. The number of fused-ring (bicyclic) bond motifs is 1. The maximum absolute atomic E-state index is 11.0. The smallest absolute Gasteiger partial charge is 0.187 e. The Hall–Kier alpha value is -2.82. The largest absolute Gasteiger partial charge is 0.772 e. The minimum absolute atomic E-state index is 0.0102. The number of nitrogens with zero attached hydrogens (tertiary/aromatic N) is 4. The van der Waals surface area contributed by atoms with Crippen LogP contribution in [0.4, 0.5) is 5.69 Å². The van der Waals surface area contributed by atoms with E-state index in [0.29, 0.717) is 11.7 Å². The number of anilines is 1. The van der Waals surface area contributed by atoms with Crippen molar-refractivity contribution >= 4 is 27.7 Å². The van der Waals surface area contributed by atoms with Crippen LogP contribution in [0.2, 0.25) is 0 Å². The zero-order valence-electron chi connectivity index (χ0n) is 15.5. The van der Waals surface area contributed by atoms with Gasteiger partial charge in [-0.05, 0) is 48.6 Å². The summed E-state index contributed by atoms with van der Waals surface area (Å²) in [5, 5.41) is 18.9. The average molecular weight is 391 g/mol. The summed E-state index contributed by atoms with van der Waals surface area (Å²) in [5.74, 6) is -0.0102. The van der Waals surface area contributed by atoms with E-state index in [4.69, 9.17) is 0 Å². The van der Waals surface area contributed by atoms with Gasteiger partial charge in [0.05, 0.1) is 11.2 Å². The van der Waals surface area contributed by atoms with Crippen LogP contribution in [0.25, 0.3) is 22.0 Å². The van der Waals surface area contributed by atoms with Gasteiger partial charge in [0.25, 0.3) is 0 Å². The monoisotopic (exact) mass is 391 g/mol. The topological polar surface area (TPSA) is 92.9 Å². The van der Waals surface area contributed by atoms with Gasteiger partial charge in [0.1, 0.15) is 6.07 Å². The third-order valence-electron chi connectivity index (χ3n) is 5.00. The maximum atomic E-state index is 11.0. The minimum Gasteiger partial charge on any atom is -0.772 e. The van der Waals surface area contributed by atoms with E-state index in [9.17, 15) is 14.0 Å². The lowest BCUT2D eigenvalue weighted by atomic mass is 10.0. The van der Waals surface area contributed by atoms with Crippen LogP contribution < -0.4 is 4.90 Å². The molecule has 0 aliphatic heterocycles. The predicted molar refractivity (Wildman–Crippen MR) is 108 cm³/mol. The Morgan fingerprint density at radius 2 is 2.00 bits per heavy atom.